The van der Waals surface area contributed by atoms with Gasteiger partial charge in [-0.1, -0.05) is 18.2 Å². The minimum atomic E-state index is 0.718. The molecule has 0 aliphatic carbocycles. The van der Waals surface area contributed by atoms with Crippen molar-refractivity contribution in [2.24, 2.45) is 0 Å². The van der Waals surface area contributed by atoms with Crippen LogP contribution in [0.2, 0.25) is 0 Å². The molecule has 20 heavy (non-hydrogen) atoms. The molecule has 102 valence electrons. The zero-order valence-electron chi connectivity index (χ0n) is 11.6. The number of fused-ring (bicyclic) bond motifs is 1. The van der Waals surface area contributed by atoms with Crippen molar-refractivity contribution < 1.29 is 4.74 Å². The van der Waals surface area contributed by atoms with Crippen LogP contribution in [-0.4, -0.2) is 16.2 Å². The Hall–Kier alpha value is -2.29. The van der Waals surface area contributed by atoms with Gasteiger partial charge in [0.2, 0.25) is 0 Å². The molecule has 2 heterocycles. The number of aryl methyl sites for hydroxylation is 2. The van der Waals surface area contributed by atoms with E-state index in [0.717, 1.165) is 31.0 Å². The lowest BCUT2D eigenvalue weighted by Crippen LogP contribution is -2.04. The van der Waals surface area contributed by atoms with Crippen LogP contribution in [0.4, 0.5) is 0 Å². The van der Waals surface area contributed by atoms with E-state index in [9.17, 15) is 0 Å². The Morgan fingerprint density at radius 3 is 2.80 bits per heavy atom. The highest BCUT2D eigenvalue weighted by atomic mass is 16.5. The highest BCUT2D eigenvalue weighted by molar-refractivity contribution is 5.79. The molecule has 0 bridgehead atoms. The Labute approximate surface area is 118 Å². The Morgan fingerprint density at radius 2 is 1.95 bits per heavy atom. The van der Waals surface area contributed by atoms with Crippen LogP contribution in [0, 0.1) is 6.92 Å². The van der Waals surface area contributed by atoms with E-state index in [1.165, 1.54) is 10.9 Å². The summed E-state index contributed by atoms with van der Waals surface area (Å²) in [6.45, 7) is 3.77. The van der Waals surface area contributed by atoms with Gasteiger partial charge in [0.1, 0.15) is 11.4 Å². The topological polar surface area (TPSA) is 27.1 Å². The number of nitrogens with zero attached hydrogens (tertiary/aromatic N) is 2. The van der Waals surface area contributed by atoms with Crippen molar-refractivity contribution >= 4 is 11.0 Å². The van der Waals surface area contributed by atoms with Crippen LogP contribution in [-0.2, 0) is 6.54 Å². The fraction of sp³-hybridized carbons (Fsp3) is 0.235. The molecule has 0 spiro atoms. The summed E-state index contributed by atoms with van der Waals surface area (Å²) in [5.41, 5.74) is 2.33. The van der Waals surface area contributed by atoms with Crippen molar-refractivity contribution in [2.75, 3.05) is 6.61 Å². The van der Waals surface area contributed by atoms with Crippen molar-refractivity contribution in [3.63, 3.8) is 0 Å². The molecule has 0 amide bonds. The molecule has 0 saturated heterocycles. The van der Waals surface area contributed by atoms with Crippen LogP contribution in [0.3, 0.4) is 0 Å². The number of benzene rings is 1. The fourth-order valence-corrected chi connectivity index (χ4v) is 2.41. The molecule has 3 aromatic rings. The first-order valence-corrected chi connectivity index (χ1v) is 6.93. The average Bonchev–Trinajstić information content (AvgIpc) is 2.82. The normalized spacial score (nSPS) is 10.8. The predicted molar refractivity (Wildman–Crippen MR) is 81.0 cm³/mol. The largest absolute Gasteiger partial charge is 0.494 e. The molecule has 2 aromatic heterocycles. The number of hydrogen-bond acceptors (Lipinski definition) is 2. The van der Waals surface area contributed by atoms with Gasteiger partial charge < -0.3 is 9.30 Å². The monoisotopic (exact) mass is 266 g/mol. The molecule has 0 saturated carbocycles. The second-order valence-electron chi connectivity index (χ2n) is 4.90. The second-order valence-corrected chi connectivity index (χ2v) is 4.90. The molecule has 3 nitrogen and oxygen atoms in total. The maximum atomic E-state index is 5.71. The lowest BCUT2D eigenvalue weighted by molar-refractivity contribution is 0.302. The maximum absolute atomic E-state index is 5.71. The molecule has 3 heteroatoms. The first-order chi connectivity index (χ1) is 9.84. The van der Waals surface area contributed by atoms with E-state index in [2.05, 4.69) is 28.7 Å². The van der Waals surface area contributed by atoms with E-state index in [0.29, 0.717) is 0 Å². The summed E-state index contributed by atoms with van der Waals surface area (Å²) < 4.78 is 7.92. The summed E-state index contributed by atoms with van der Waals surface area (Å²) in [6.07, 6.45) is 4.98. The third-order valence-corrected chi connectivity index (χ3v) is 3.39. The molecule has 0 fully saturated rings. The van der Waals surface area contributed by atoms with Crippen molar-refractivity contribution in [1.29, 1.82) is 0 Å². The highest BCUT2D eigenvalue weighted by Gasteiger charge is 2.05. The van der Waals surface area contributed by atoms with Gasteiger partial charge in [0.15, 0.2) is 0 Å². The van der Waals surface area contributed by atoms with Crippen LogP contribution in [0.5, 0.6) is 5.75 Å². The number of para-hydroxylation sites is 1. The molecular weight excluding hydrogens is 248 g/mol. The number of rotatable bonds is 5. The van der Waals surface area contributed by atoms with E-state index in [-0.39, 0.29) is 0 Å². The molecule has 0 aliphatic rings. The van der Waals surface area contributed by atoms with Crippen LogP contribution in [0.1, 0.15) is 12.0 Å². The second kappa shape index (κ2) is 5.78. The zero-order chi connectivity index (χ0) is 13.8. The summed E-state index contributed by atoms with van der Waals surface area (Å²) in [5.74, 6) is 0.930. The molecular formula is C17H18N2O. The first-order valence-electron chi connectivity index (χ1n) is 6.93. The number of ether oxygens (including phenoxy) is 1. The molecule has 0 aliphatic heterocycles. The fourth-order valence-electron chi connectivity index (χ4n) is 2.41. The smallest absolute Gasteiger partial charge is 0.140 e. The van der Waals surface area contributed by atoms with Crippen LogP contribution < -0.4 is 4.74 Å². The van der Waals surface area contributed by atoms with Gasteiger partial charge in [0.05, 0.1) is 6.61 Å². The first kappa shape index (κ1) is 12.7. The molecule has 0 radical (unpaired) electrons. The molecule has 1 aromatic carbocycles. The quantitative estimate of drug-likeness (QED) is 0.656. The molecule has 0 N–H and O–H groups in total. The van der Waals surface area contributed by atoms with Gasteiger partial charge in [-0.3, -0.25) is 0 Å². The summed E-state index contributed by atoms with van der Waals surface area (Å²) in [5, 5.41) is 1.23. The highest BCUT2D eigenvalue weighted by Crippen LogP contribution is 2.18. The minimum absolute atomic E-state index is 0.718. The maximum Gasteiger partial charge on any atom is 0.140 e. The Balaban J connectivity index is 1.60. The van der Waals surface area contributed by atoms with Gasteiger partial charge in [-0.05, 0) is 43.2 Å². The summed E-state index contributed by atoms with van der Waals surface area (Å²) >= 11 is 0. The van der Waals surface area contributed by atoms with Gasteiger partial charge in [0.25, 0.3) is 0 Å². The van der Waals surface area contributed by atoms with Gasteiger partial charge >= 0.3 is 0 Å². The number of hydrogen-bond donors (Lipinski definition) is 0. The van der Waals surface area contributed by atoms with Crippen molar-refractivity contribution in [3.8, 4) is 5.75 Å². The van der Waals surface area contributed by atoms with E-state index >= 15 is 0 Å². The molecule has 3 rings (SSSR count). The lowest BCUT2D eigenvalue weighted by Gasteiger charge is -2.07. The predicted octanol–water partition coefficient (Wildman–Crippen LogP) is 3.81. The number of aromatic nitrogens is 2. The van der Waals surface area contributed by atoms with Crippen molar-refractivity contribution in [2.45, 2.75) is 19.9 Å². The average molecular weight is 266 g/mol. The van der Waals surface area contributed by atoms with E-state index < -0.39 is 0 Å². The van der Waals surface area contributed by atoms with E-state index in [4.69, 9.17) is 4.74 Å². The van der Waals surface area contributed by atoms with E-state index in [1.807, 2.05) is 42.6 Å². The summed E-state index contributed by atoms with van der Waals surface area (Å²) in [7, 11) is 0. The number of pyridine rings is 1. The van der Waals surface area contributed by atoms with Gasteiger partial charge in [-0.25, -0.2) is 4.98 Å². The van der Waals surface area contributed by atoms with Crippen LogP contribution >= 0.6 is 0 Å². The third kappa shape index (κ3) is 2.67. The van der Waals surface area contributed by atoms with Gasteiger partial charge in [-0.15, -0.1) is 0 Å². The van der Waals surface area contributed by atoms with E-state index in [1.54, 1.807) is 0 Å². The summed E-state index contributed by atoms with van der Waals surface area (Å²) in [6, 6.07) is 14.0. The molecule has 0 unspecified atom stereocenters. The van der Waals surface area contributed by atoms with Crippen molar-refractivity contribution in [1.82, 2.24) is 9.55 Å². The SMILES string of the molecule is Cc1cn(CCCOc2ccccc2)c2ncccc12. The van der Waals surface area contributed by atoms with Crippen LogP contribution in [0.25, 0.3) is 11.0 Å². The van der Waals surface area contributed by atoms with Crippen LogP contribution in [0.15, 0.2) is 54.9 Å². The molecule has 0 atom stereocenters. The summed E-state index contributed by atoms with van der Waals surface area (Å²) in [4.78, 5) is 4.46. The van der Waals surface area contributed by atoms with Crippen molar-refractivity contribution in [3.05, 3.63) is 60.4 Å². The Bertz CT molecular complexity index is 689. The minimum Gasteiger partial charge on any atom is -0.494 e. The third-order valence-electron chi connectivity index (χ3n) is 3.39. The Morgan fingerprint density at radius 1 is 1.10 bits per heavy atom. The van der Waals surface area contributed by atoms with Gasteiger partial charge in [-0.2, -0.15) is 0 Å². The standard InChI is InChI=1S/C17H18N2O/c1-14-13-19(17-16(14)9-5-10-18-17)11-6-12-20-15-7-3-2-4-8-15/h2-5,7-10,13H,6,11-12H2,1H3. The Kier molecular flexibility index (Phi) is 3.68. The zero-order valence-corrected chi connectivity index (χ0v) is 11.6. The van der Waals surface area contributed by atoms with Gasteiger partial charge in [0, 0.05) is 24.3 Å². The lowest BCUT2D eigenvalue weighted by atomic mass is 10.2.